The van der Waals surface area contributed by atoms with Crippen LogP contribution in [0.25, 0.3) is 10.6 Å². The summed E-state index contributed by atoms with van der Waals surface area (Å²) >= 11 is 1.85. The van der Waals surface area contributed by atoms with E-state index in [-0.39, 0.29) is 12.3 Å². The molecule has 0 radical (unpaired) electrons. The largest absolute Gasteiger partial charge is 0.494 e. The van der Waals surface area contributed by atoms with Crippen LogP contribution < -0.4 is 10.1 Å². The van der Waals surface area contributed by atoms with Crippen LogP contribution in [0.5, 0.6) is 5.75 Å². The molecule has 0 aliphatic heterocycles. The third-order valence-corrected chi connectivity index (χ3v) is 5.41. The minimum atomic E-state index is -2.55. The molecule has 0 bridgehead atoms. The summed E-state index contributed by atoms with van der Waals surface area (Å²) < 4.78 is 30.7. The van der Waals surface area contributed by atoms with Gasteiger partial charge >= 0.3 is 0 Å². The van der Waals surface area contributed by atoms with E-state index in [0.717, 1.165) is 16.3 Å². The molecule has 1 N–H and O–H groups in total. The lowest BCUT2D eigenvalue weighted by molar-refractivity contribution is -0.115. The Morgan fingerprint density at radius 1 is 1.21 bits per heavy atom. The van der Waals surface area contributed by atoms with E-state index in [4.69, 9.17) is 4.74 Å². The van der Waals surface area contributed by atoms with E-state index in [1.165, 1.54) is 11.3 Å². The molecule has 0 aliphatic rings. The molecule has 0 aliphatic carbocycles. The second-order valence-electron chi connectivity index (χ2n) is 5.70. The Morgan fingerprint density at radius 3 is 2.68 bits per heavy atom. The summed E-state index contributed by atoms with van der Waals surface area (Å²) in [7, 11) is 0. The fourth-order valence-electron chi connectivity index (χ4n) is 2.51. The van der Waals surface area contributed by atoms with Gasteiger partial charge in [0, 0.05) is 15.8 Å². The van der Waals surface area contributed by atoms with Crippen molar-refractivity contribution in [3.05, 3.63) is 59.6 Å². The highest BCUT2D eigenvalue weighted by Gasteiger charge is 2.13. The van der Waals surface area contributed by atoms with Crippen LogP contribution in [-0.4, -0.2) is 23.3 Å². The molecule has 3 aromatic rings. The van der Waals surface area contributed by atoms with E-state index in [1.807, 2.05) is 36.6 Å². The molecule has 28 heavy (non-hydrogen) atoms. The number of carbonyl (C=O) groups excluding carboxylic acids is 1. The summed E-state index contributed by atoms with van der Waals surface area (Å²) in [5, 5.41) is 5.32. The van der Waals surface area contributed by atoms with E-state index < -0.39 is 5.76 Å². The smallest absolute Gasteiger partial charge is 0.288 e. The average molecular weight is 421 g/mol. The predicted molar refractivity (Wildman–Crippen MR) is 109 cm³/mol. The lowest BCUT2D eigenvalue weighted by atomic mass is 10.2. The number of thiazole rings is 1. The Bertz CT molecular complexity index is 930. The first-order valence-corrected chi connectivity index (χ1v) is 10.3. The maximum Gasteiger partial charge on any atom is 0.288 e. The standard InChI is InChI=1S/C20H18F2N2O2S2/c1-2-26-15-9-7-13(8-10-15)19-23-14(12-27-19)11-18(25)24-16-5-3-4-6-17(16)28-20(21)22/h3-10,12,20H,2,11H2,1H3,(H,24,25). The first-order chi connectivity index (χ1) is 13.5. The van der Waals surface area contributed by atoms with Gasteiger partial charge < -0.3 is 10.1 Å². The van der Waals surface area contributed by atoms with Gasteiger partial charge in [-0.05, 0) is 43.3 Å². The van der Waals surface area contributed by atoms with Crippen molar-refractivity contribution in [1.82, 2.24) is 4.98 Å². The lowest BCUT2D eigenvalue weighted by Gasteiger charge is -2.09. The number of amides is 1. The minimum absolute atomic E-state index is 0.0706. The van der Waals surface area contributed by atoms with Gasteiger partial charge in [-0.1, -0.05) is 23.9 Å². The van der Waals surface area contributed by atoms with Crippen molar-refractivity contribution in [3.63, 3.8) is 0 Å². The lowest BCUT2D eigenvalue weighted by Crippen LogP contribution is -2.15. The number of aromatic nitrogens is 1. The van der Waals surface area contributed by atoms with E-state index >= 15 is 0 Å². The van der Waals surface area contributed by atoms with E-state index in [9.17, 15) is 13.6 Å². The normalized spacial score (nSPS) is 10.9. The highest BCUT2D eigenvalue weighted by Crippen LogP contribution is 2.32. The van der Waals surface area contributed by atoms with Crippen molar-refractivity contribution in [3.8, 4) is 16.3 Å². The number of ether oxygens (including phenoxy) is 1. The maximum atomic E-state index is 12.7. The Kier molecular flexibility index (Phi) is 7.00. The maximum absolute atomic E-state index is 12.7. The Morgan fingerprint density at radius 2 is 1.96 bits per heavy atom. The number of carbonyl (C=O) groups is 1. The van der Waals surface area contributed by atoms with Crippen LogP contribution in [0.4, 0.5) is 14.5 Å². The molecule has 4 nitrogen and oxygen atoms in total. The molecule has 1 aromatic heterocycles. The van der Waals surface area contributed by atoms with Crippen molar-refractivity contribution in [2.75, 3.05) is 11.9 Å². The molecule has 8 heteroatoms. The number of anilines is 1. The third kappa shape index (κ3) is 5.53. The van der Waals surface area contributed by atoms with Crippen molar-refractivity contribution in [2.45, 2.75) is 24.0 Å². The molecule has 1 heterocycles. The van der Waals surface area contributed by atoms with Gasteiger partial charge in [-0.15, -0.1) is 11.3 Å². The summed E-state index contributed by atoms with van der Waals surface area (Å²) in [6.07, 6.45) is 0.0706. The summed E-state index contributed by atoms with van der Waals surface area (Å²) in [6.45, 7) is 2.53. The summed E-state index contributed by atoms with van der Waals surface area (Å²) in [6, 6.07) is 14.1. The number of benzene rings is 2. The van der Waals surface area contributed by atoms with E-state index in [2.05, 4.69) is 10.3 Å². The zero-order valence-corrected chi connectivity index (χ0v) is 16.7. The van der Waals surface area contributed by atoms with Gasteiger partial charge in [0.2, 0.25) is 5.91 Å². The van der Waals surface area contributed by atoms with Gasteiger partial charge in [0.05, 0.1) is 24.4 Å². The summed E-state index contributed by atoms with van der Waals surface area (Å²) in [4.78, 5) is 17.2. The molecular formula is C20H18F2N2O2S2. The van der Waals surface area contributed by atoms with Gasteiger partial charge in [0.1, 0.15) is 10.8 Å². The average Bonchev–Trinajstić information content (AvgIpc) is 3.12. The van der Waals surface area contributed by atoms with Gasteiger partial charge in [-0.2, -0.15) is 8.78 Å². The SMILES string of the molecule is CCOc1ccc(-c2nc(CC(=O)Nc3ccccc3SC(F)F)cs2)cc1. The molecule has 0 spiro atoms. The Hall–Kier alpha value is -2.45. The first-order valence-electron chi connectivity index (χ1n) is 8.56. The third-order valence-electron chi connectivity index (χ3n) is 3.68. The van der Waals surface area contributed by atoms with Crippen LogP contribution in [0.1, 0.15) is 12.6 Å². The number of thioether (sulfide) groups is 1. The minimum Gasteiger partial charge on any atom is -0.494 e. The molecule has 2 aromatic carbocycles. The van der Waals surface area contributed by atoms with Crippen LogP contribution in [0.3, 0.4) is 0 Å². The summed E-state index contributed by atoms with van der Waals surface area (Å²) in [5.74, 6) is -2.05. The number of halogens is 2. The Labute approximate surface area is 170 Å². The number of para-hydroxylation sites is 1. The van der Waals surface area contributed by atoms with Crippen molar-refractivity contribution in [2.24, 2.45) is 0 Å². The molecule has 146 valence electrons. The number of nitrogens with one attached hydrogen (secondary N) is 1. The topological polar surface area (TPSA) is 51.2 Å². The van der Waals surface area contributed by atoms with Gasteiger partial charge in [0.25, 0.3) is 5.76 Å². The molecule has 1 amide bonds. The number of rotatable bonds is 8. The van der Waals surface area contributed by atoms with E-state index in [0.29, 0.717) is 34.6 Å². The van der Waals surface area contributed by atoms with Crippen LogP contribution in [0, 0.1) is 0 Å². The zero-order chi connectivity index (χ0) is 19.9. The molecular weight excluding hydrogens is 402 g/mol. The second-order valence-corrected chi connectivity index (χ2v) is 7.59. The van der Waals surface area contributed by atoms with Crippen molar-refractivity contribution >= 4 is 34.7 Å². The molecule has 3 rings (SSSR count). The van der Waals surface area contributed by atoms with Gasteiger partial charge in [0.15, 0.2) is 0 Å². The highest BCUT2D eigenvalue weighted by molar-refractivity contribution is 7.99. The van der Waals surface area contributed by atoms with E-state index in [1.54, 1.807) is 24.3 Å². The van der Waals surface area contributed by atoms with Crippen molar-refractivity contribution < 1.29 is 18.3 Å². The number of hydrogen-bond donors (Lipinski definition) is 1. The molecule has 0 fully saturated rings. The zero-order valence-electron chi connectivity index (χ0n) is 15.0. The monoisotopic (exact) mass is 420 g/mol. The number of nitrogens with zero attached hydrogens (tertiary/aromatic N) is 1. The second kappa shape index (κ2) is 9.66. The predicted octanol–water partition coefficient (Wildman–Crippen LogP) is 5.70. The van der Waals surface area contributed by atoms with Crippen molar-refractivity contribution in [1.29, 1.82) is 0 Å². The van der Waals surface area contributed by atoms with Crippen LogP contribution in [0.2, 0.25) is 0 Å². The van der Waals surface area contributed by atoms with Crippen LogP contribution >= 0.6 is 23.1 Å². The van der Waals surface area contributed by atoms with Gasteiger partial charge in [-0.25, -0.2) is 4.98 Å². The Balaban J connectivity index is 1.64. The number of hydrogen-bond acceptors (Lipinski definition) is 5. The van der Waals surface area contributed by atoms with Crippen LogP contribution in [0.15, 0.2) is 58.8 Å². The molecule has 0 saturated carbocycles. The highest BCUT2D eigenvalue weighted by atomic mass is 32.2. The first kappa shape index (κ1) is 20.3. The quantitative estimate of drug-likeness (QED) is 0.475. The fraction of sp³-hybridized carbons (Fsp3) is 0.200. The van der Waals surface area contributed by atoms with Crippen LogP contribution in [-0.2, 0) is 11.2 Å². The van der Waals surface area contributed by atoms with Gasteiger partial charge in [-0.3, -0.25) is 4.79 Å². The number of alkyl halides is 2. The fourth-order valence-corrected chi connectivity index (χ4v) is 3.93. The molecule has 0 unspecified atom stereocenters. The molecule has 0 saturated heterocycles. The molecule has 0 atom stereocenters. The summed E-state index contributed by atoms with van der Waals surface area (Å²) in [5.41, 5.74) is 1.95.